The molecule has 2 amide bonds. The highest BCUT2D eigenvalue weighted by molar-refractivity contribution is 7.92. The van der Waals surface area contributed by atoms with E-state index in [4.69, 9.17) is 0 Å². The molecule has 192 valence electrons. The molecule has 0 bridgehead atoms. The van der Waals surface area contributed by atoms with Gasteiger partial charge in [-0.25, -0.2) is 8.42 Å². The molecule has 0 aromatic heterocycles. The fourth-order valence-corrected chi connectivity index (χ4v) is 4.87. The van der Waals surface area contributed by atoms with Crippen LogP contribution < -0.4 is 9.62 Å². The maximum Gasteiger partial charge on any atom is 0.242 e. The van der Waals surface area contributed by atoms with Gasteiger partial charge in [-0.2, -0.15) is 0 Å². The van der Waals surface area contributed by atoms with Crippen molar-refractivity contribution in [2.75, 3.05) is 17.1 Å². The molecule has 0 saturated carbocycles. The first kappa shape index (κ1) is 28.4. The van der Waals surface area contributed by atoms with Crippen LogP contribution in [0.25, 0.3) is 0 Å². The zero-order valence-corrected chi connectivity index (χ0v) is 22.6. The molecule has 8 heteroatoms. The second kappa shape index (κ2) is 12.7. The van der Waals surface area contributed by atoms with Crippen LogP contribution in [-0.2, 0) is 26.2 Å². The Balaban J connectivity index is 2.20. The van der Waals surface area contributed by atoms with E-state index < -0.39 is 16.1 Å². The number of benzene rings is 2. The average Bonchev–Trinajstić information content (AvgIpc) is 2.80. The van der Waals surface area contributed by atoms with E-state index in [1.54, 1.807) is 24.0 Å². The molecular weight excluding hydrogens is 462 g/mol. The van der Waals surface area contributed by atoms with Crippen LogP contribution in [0, 0.1) is 13.8 Å². The number of aryl methyl sites for hydroxylation is 2. The van der Waals surface area contributed by atoms with E-state index >= 15 is 0 Å². The zero-order valence-electron chi connectivity index (χ0n) is 21.7. The second-order valence-electron chi connectivity index (χ2n) is 9.17. The molecule has 0 aliphatic rings. The van der Waals surface area contributed by atoms with Crippen LogP contribution >= 0.6 is 0 Å². The molecule has 7 nitrogen and oxygen atoms in total. The number of nitrogens with one attached hydrogen (secondary N) is 1. The minimum atomic E-state index is -3.51. The predicted molar refractivity (Wildman–Crippen MR) is 142 cm³/mol. The van der Waals surface area contributed by atoms with Gasteiger partial charge in [0, 0.05) is 25.6 Å². The molecule has 35 heavy (non-hydrogen) atoms. The summed E-state index contributed by atoms with van der Waals surface area (Å²) in [5.74, 6) is -0.378. The fraction of sp³-hybridized carbons (Fsp3) is 0.481. The highest BCUT2D eigenvalue weighted by Crippen LogP contribution is 2.23. The third kappa shape index (κ3) is 8.09. The van der Waals surface area contributed by atoms with E-state index in [9.17, 15) is 18.0 Å². The van der Waals surface area contributed by atoms with E-state index in [2.05, 4.69) is 5.32 Å². The van der Waals surface area contributed by atoms with Crippen LogP contribution in [0.4, 0.5) is 5.69 Å². The molecule has 2 atom stereocenters. The smallest absolute Gasteiger partial charge is 0.242 e. The molecule has 0 unspecified atom stereocenters. The topological polar surface area (TPSA) is 86.8 Å². The number of amides is 2. The highest BCUT2D eigenvalue weighted by Gasteiger charge is 2.27. The molecular formula is C27H39N3O4S. The predicted octanol–water partition coefficient (Wildman–Crippen LogP) is 4.18. The molecule has 0 spiro atoms. The SMILES string of the molecule is CC[C@H](C)NC(=O)[C@H](C)N(Cc1ccccc1C)C(=O)CCCN(c1ccccc1C)S(C)(=O)=O. The quantitative estimate of drug-likeness (QED) is 0.473. The van der Waals surface area contributed by atoms with Gasteiger partial charge in [0.1, 0.15) is 6.04 Å². The fourth-order valence-electron chi connectivity index (χ4n) is 3.84. The molecule has 0 heterocycles. The first-order valence-electron chi connectivity index (χ1n) is 12.1. The van der Waals surface area contributed by atoms with Gasteiger partial charge >= 0.3 is 0 Å². The molecule has 2 aromatic carbocycles. The van der Waals surface area contributed by atoms with E-state index in [0.717, 1.165) is 23.1 Å². The number of rotatable bonds is 12. The highest BCUT2D eigenvalue weighted by atomic mass is 32.2. The van der Waals surface area contributed by atoms with E-state index in [0.29, 0.717) is 18.7 Å². The van der Waals surface area contributed by atoms with E-state index in [-0.39, 0.29) is 30.8 Å². The van der Waals surface area contributed by atoms with Crippen molar-refractivity contribution in [1.82, 2.24) is 10.2 Å². The standard InChI is InChI=1S/C27H39N3O4S/c1-7-22(4)28-27(32)23(5)29(19-24-15-10-8-13-20(24)2)26(31)17-12-18-30(35(6,33)34)25-16-11-9-14-21(25)3/h8-11,13-16,22-23H,7,12,17-19H2,1-6H3,(H,28,32)/t22-,23-/m0/s1. The lowest BCUT2D eigenvalue weighted by atomic mass is 10.1. The Labute approximate surface area is 210 Å². The lowest BCUT2D eigenvalue weighted by Gasteiger charge is -2.30. The van der Waals surface area contributed by atoms with Crippen molar-refractivity contribution < 1.29 is 18.0 Å². The number of carbonyl (C=O) groups excluding carboxylic acids is 2. The lowest BCUT2D eigenvalue weighted by Crippen LogP contribution is -2.49. The number of carbonyl (C=O) groups is 2. The number of sulfonamides is 1. The Bertz CT molecular complexity index is 1120. The second-order valence-corrected chi connectivity index (χ2v) is 11.1. The normalized spacial score (nSPS) is 13.1. The number of hydrogen-bond donors (Lipinski definition) is 1. The summed E-state index contributed by atoms with van der Waals surface area (Å²) >= 11 is 0. The van der Waals surface area contributed by atoms with Gasteiger partial charge in [0.25, 0.3) is 0 Å². The number of hydrogen-bond acceptors (Lipinski definition) is 4. The molecule has 0 fully saturated rings. The monoisotopic (exact) mass is 501 g/mol. The van der Waals surface area contributed by atoms with E-state index in [1.807, 2.05) is 64.1 Å². The largest absolute Gasteiger partial charge is 0.352 e. The Morgan fingerprint density at radius 2 is 1.57 bits per heavy atom. The van der Waals surface area contributed by atoms with Crippen LogP contribution in [0.1, 0.15) is 56.7 Å². The molecule has 0 radical (unpaired) electrons. The summed E-state index contributed by atoms with van der Waals surface area (Å²) in [4.78, 5) is 27.8. The Morgan fingerprint density at radius 3 is 2.14 bits per heavy atom. The van der Waals surface area contributed by atoms with E-state index in [1.165, 1.54) is 10.6 Å². The van der Waals surface area contributed by atoms with Crippen molar-refractivity contribution in [3.8, 4) is 0 Å². The van der Waals surface area contributed by atoms with Gasteiger partial charge in [-0.3, -0.25) is 13.9 Å². The molecule has 0 aliphatic carbocycles. The van der Waals surface area contributed by atoms with Gasteiger partial charge < -0.3 is 10.2 Å². The third-order valence-electron chi connectivity index (χ3n) is 6.31. The minimum absolute atomic E-state index is 0.0118. The van der Waals surface area contributed by atoms with Gasteiger partial charge in [-0.1, -0.05) is 49.4 Å². The van der Waals surface area contributed by atoms with Crippen LogP contribution in [0.2, 0.25) is 0 Å². The summed E-state index contributed by atoms with van der Waals surface area (Å²) in [5.41, 5.74) is 3.48. The van der Waals surface area contributed by atoms with Gasteiger partial charge in [0.15, 0.2) is 0 Å². The minimum Gasteiger partial charge on any atom is -0.352 e. The first-order chi connectivity index (χ1) is 16.5. The maximum atomic E-state index is 13.4. The Hall–Kier alpha value is -2.87. The molecule has 2 rings (SSSR count). The Morgan fingerprint density at radius 1 is 0.971 bits per heavy atom. The van der Waals surface area contributed by atoms with Gasteiger partial charge in [0.05, 0.1) is 11.9 Å². The maximum absolute atomic E-state index is 13.4. The molecule has 1 N–H and O–H groups in total. The molecule has 0 aliphatic heterocycles. The number of para-hydroxylation sites is 1. The van der Waals surface area contributed by atoms with Crippen molar-refractivity contribution >= 4 is 27.5 Å². The summed E-state index contributed by atoms with van der Waals surface area (Å²) in [6, 6.07) is 14.4. The summed E-state index contributed by atoms with van der Waals surface area (Å²) in [7, 11) is -3.51. The summed E-state index contributed by atoms with van der Waals surface area (Å²) in [6.45, 7) is 10.0. The summed E-state index contributed by atoms with van der Waals surface area (Å²) in [6.07, 6.45) is 2.44. The van der Waals surface area contributed by atoms with Crippen molar-refractivity contribution in [3.63, 3.8) is 0 Å². The van der Waals surface area contributed by atoms with Crippen LogP contribution in [0.3, 0.4) is 0 Å². The average molecular weight is 502 g/mol. The van der Waals surface area contributed by atoms with Crippen LogP contribution in [0.5, 0.6) is 0 Å². The Kier molecular flexibility index (Phi) is 10.3. The first-order valence-corrected chi connectivity index (χ1v) is 14.0. The van der Waals surface area contributed by atoms with Crippen molar-refractivity contribution in [2.45, 2.75) is 72.5 Å². The zero-order chi connectivity index (χ0) is 26.2. The van der Waals surface area contributed by atoms with Gasteiger partial charge in [-0.15, -0.1) is 0 Å². The van der Waals surface area contributed by atoms with Gasteiger partial charge in [-0.05, 0) is 63.3 Å². The molecule has 0 saturated heterocycles. The number of anilines is 1. The number of nitrogens with zero attached hydrogens (tertiary/aromatic N) is 2. The van der Waals surface area contributed by atoms with Crippen molar-refractivity contribution in [1.29, 1.82) is 0 Å². The summed E-state index contributed by atoms with van der Waals surface area (Å²) < 4.78 is 26.3. The van der Waals surface area contributed by atoms with Crippen LogP contribution in [0.15, 0.2) is 48.5 Å². The lowest BCUT2D eigenvalue weighted by molar-refractivity contribution is -0.140. The third-order valence-corrected chi connectivity index (χ3v) is 7.49. The van der Waals surface area contributed by atoms with Crippen LogP contribution in [-0.4, -0.2) is 50.0 Å². The molecule has 2 aromatic rings. The van der Waals surface area contributed by atoms with Gasteiger partial charge in [0.2, 0.25) is 21.8 Å². The van der Waals surface area contributed by atoms with Crippen molar-refractivity contribution in [3.05, 3.63) is 65.2 Å². The summed E-state index contributed by atoms with van der Waals surface area (Å²) in [5, 5.41) is 2.97. The van der Waals surface area contributed by atoms with Crippen molar-refractivity contribution in [2.24, 2.45) is 0 Å².